The van der Waals surface area contributed by atoms with Crippen LogP contribution in [-0.2, 0) is 10.3 Å². The van der Waals surface area contributed by atoms with Gasteiger partial charge in [0.1, 0.15) is 5.82 Å². The van der Waals surface area contributed by atoms with Crippen molar-refractivity contribution in [2.45, 2.75) is 25.3 Å². The molecule has 15 heavy (non-hydrogen) atoms. The van der Waals surface area contributed by atoms with Crippen LogP contribution in [0, 0.1) is 12.7 Å². The van der Waals surface area contributed by atoms with Crippen molar-refractivity contribution in [1.82, 2.24) is 0 Å². The highest BCUT2D eigenvalue weighted by atomic mass is 79.9. The van der Waals surface area contributed by atoms with Gasteiger partial charge in [0.25, 0.3) is 0 Å². The third kappa shape index (κ3) is 1.75. The van der Waals surface area contributed by atoms with Crippen molar-refractivity contribution in [3.05, 3.63) is 33.5 Å². The number of hydrogen-bond acceptors (Lipinski definition) is 2. The first-order chi connectivity index (χ1) is 7.09. The van der Waals surface area contributed by atoms with Gasteiger partial charge >= 0.3 is 0 Å². The van der Waals surface area contributed by atoms with Crippen LogP contribution in [0.25, 0.3) is 0 Å². The van der Waals surface area contributed by atoms with E-state index in [0.29, 0.717) is 10.0 Å². The number of aliphatic imine (C=N–C) groups is 1. The van der Waals surface area contributed by atoms with Gasteiger partial charge in [0.05, 0.1) is 5.54 Å². The Morgan fingerprint density at radius 2 is 2.20 bits per heavy atom. The van der Waals surface area contributed by atoms with Crippen molar-refractivity contribution in [2.24, 2.45) is 4.99 Å². The Morgan fingerprint density at radius 3 is 2.67 bits per heavy atom. The maximum atomic E-state index is 13.5. The van der Waals surface area contributed by atoms with Crippen molar-refractivity contribution >= 4 is 22.0 Å². The average Bonchev–Trinajstić information content (AvgIpc) is 2.95. The van der Waals surface area contributed by atoms with Crippen LogP contribution >= 0.6 is 15.9 Å². The topological polar surface area (TPSA) is 29.4 Å². The van der Waals surface area contributed by atoms with Gasteiger partial charge in [-0.2, -0.15) is 4.99 Å². The van der Waals surface area contributed by atoms with E-state index in [1.165, 1.54) is 6.07 Å². The van der Waals surface area contributed by atoms with E-state index in [-0.39, 0.29) is 5.82 Å². The fraction of sp³-hybridized carbons (Fsp3) is 0.364. The molecule has 2 rings (SSSR count). The first-order valence-corrected chi connectivity index (χ1v) is 5.43. The molecule has 0 radical (unpaired) electrons. The van der Waals surface area contributed by atoms with Gasteiger partial charge in [0.2, 0.25) is 6.08 Å². The Bertz CT molecular complexity index is 439. The van der Waals surface area contributed by atoms with Crippen LogP contribution in [0.5, 0.6) is 0 Å². The third-order valence-corrected chi connectivity index (χ3v) is 3.63. The highest BCUT2D eigenvalue weighted by molar-refractivity contribution is 9.10. The summed E-state index contributed by atoms with van der Waals surface area (Å²) in [5.41, 5.74) is 0.823. The van der Waals surface area contributed by atoms with E-state index in [1.54, 1.807) is 13.0 Å². The number of rotatable bonds is 2. The molecule has 2 nitrogen and oxygen atoms in total. The van der Waals surface area contributed by atoms with Crippen molar-refractivity contribution in [1.29, 1.82) is 0 Å². The van der Waals surface area contributed by atoms with E-state index in [9.17, 15) is 9.18 Å². The highest BCUT2D eigenvalue weighted by Gasteiger charge is 2.45. The van der Waals surface area contributed by atoms with Gasteiger partial charge in [-0.3, -0.25) is 0 Å². The maximum Gasteiger partial charge on any atom is 0.235 e. The Kier molecular flexibility index (Phi) is 2.49. The number of halogens is 2. The van der Waals surface area contributed by atoms with Gasteiger partial charge in [-0.1, -0.05) is 15.9 Å². The van der Waals surface area contributed by atoms with Gasteiger partial charge in [0, 0.05) is 4.47 Å². The Labute approximate surface area is 95.3 Å². The van der Waals surface area contributed by atoms with E-state index in [0.717, 1.165) is 18.4 Å². The lowest BCUT2D eigenvalue weighted by molar-refractivity contribution is 0.555. The number of isocyanates is 1. The SMILES string of the molecule is Cc1c(F)cc(C2(N=C=O)CC2)cc1Br. The summed E-state index contributed by atoms with van der Waals surface area (Å²) in [5.74, 6) is -0.272. The molecule has 1 aromatic carbocycles. The second-order valence-electron chi connectivity index (χ2n) is 3.80. The van der Waals surface area contributed by atoms with Crippen molar-refractivity contribution in [3.8, 4) is 0 Å². The molecule has 0 atom stereocenters. The van der Waals surface area contributed by atoms with Crippen LogP contribution in [0.3, 0.4) is 0 Å². The molecule has 0 aliphatic heterocycles. The molecule has 1 fully saturated rings. The summed E-state index contributed by atoms with van der Waals surface area (Å²) in [6, 6.07) is 3.28. The van der Waals surface area contributed by atoms with Gasteiger partial charge < -0.3 is 0 Å². The third-order valence-electron chi connectivity index (χ3n) is 2.80. The molecule has 1 aromatic rings. The molecule has 0 unspecified atom stereocenters. The lowest BCUT2D eigenvalue weighted by Gasteiger charge is -2.10. The maximum absolute atomic E-state index is 13.5. The van der Waals surface area contributed by atoms with Crippen LogP contribution in [0.2, 0.25) is 0 Å². The van der Waals surface area contributed by atoms with Crippen LogP contribution < -0.4 is 0 Å². The second-order valence-corrected chi connectivity index (χ2v) is 4.65. The highest BCUT2D eigenvalue weighted by Crippen LogP contribution is 2.50. The molecule has 0 bridgehead atoms. The molecule has 78 valence electrons. The molecule has 0 saturated heterocycles. The van der Waals surface area contributed by atoms with Gasteiger partial charge in [0.15, 0.2) is 0 Å². The molecule has 0 spiro atoms. The summed E-state index contributed by atoms with van der Waals surface area (Å²) in [7, 11) is 0. The molecule has 0 N–H and O–H groups in total. The molecule has 4 heteroatoms. The quantitative estimate of drug-likeness (QED) is 0.599. The van der Waals surface area contributed by atoms with Crippen LogP contribution in [0.1, 0.15) is 24.0 Å². The lowest BCUT2D eigenvalue weighted by Crippen LogP contribution is -2.03. The Hall–Kier alpha value is -0.990. The van der Waals surface area contributed by atoms with E-state index in [4.69, 9.17) is 0 Å². The molecule has 1 aliphatic carbocycles. The zero-order valence-corrected chi connectivity index (χ0v) is 9.77. The number of carbonyl (C=O) groups excluding carboxylic acids is 1. The smallest absolute Gasteiger partial charge is 0.211 e. The first-order valence-electron chi connectivity index (χ1n) is 4.64. The lowest BCUT2D eigenvalue weighted by atomic mass is 10.0. The average molecular weight is 270 g/mol. The summed E-state index contributed by atoms with van der Waals surface area (Å²) in [5, 5.41) is 0. The number of nitrogens with zero attached hydrogens (tertiary/aromatic N) is 1. The molecule has 0 amide bonds. The molecular weight excluding hydrogens is 261 g/mol. The van der Waals surface area contributed by atoms with Crippen LogP contribution in [0.15, 0.2) is 21.6 Å². The summed E-state index contributed by atoms with van der Waals surface area (Å²) < 4.78 is 14.2. The Morgan fingerprint density at radius 1 is 1.53 bits per heavy atom. The standard InChI is InChI=1S/C11H9BrFNO/c1-7-9(12)4-8(5-10(7)13)11(2-3-11)14-6-15/h4-5H,2-3H2,1H3. The summed E-state index contributed by atoms with van der Waals surface area (Å²) >= 11 is 3.29. The summed E-state index contributed by atoms with van der Waals surface area (Å²) in [4.78, 5) is 14.0. The second kappa shape index (κ2) is 3.54. The van der Waals surface area contributed by atoms with Gasteiger partial charge in [-0.25, -0.2) is 9.18 Å². The normalized spacial score (nSPS) is 17.0. The van der Waals surface area contributed by atoms with E-state index < -0.39 is 5.54 Å². The number of hydrogen-bond donors (Lipinski definition) is 0. The van der Waals surface area contributed by atoms with Crippen LogP contribution in [0.4, 0.5) is 4.39 Å². The minimum Gasteiger partial charge on any atom is -0.211 e. The van der Waals surface area contributed by atoms with Crippen molar-refractivity contribution in [3.63, 3.8) is 0 Å². The first kappa shape index (κ1) is 10.5. The summed E-state index contributed by atoms with van der Waals surface area (Å²) in [6.07, 6.45) is 3.14. The van der Waals surface area contributed by atoms with E-state index >= 15 is 0 Å². The largest absolute Gasteiger partial charge is 0.235 e. The molecule has 1 saturated carbocycles. The predicted molar refractivity (Wildman–Crippen MR) is 57.9 cm³/mol. The Balaban J connectivity index is 2.51. The zero-order valence-electron chi connectivity index (χ0n) is 8.18. The van der Waals surface area contributed by atoms with E-state index in [2.05, 4.69) is 20.9 Å². The van der Waals surface area contributed by atoms with Gasteiger partial charge in [-0.05, 0) is 43.0 Å². The minimum atomic E-state index is -0.501. The van der Waals surface area contributed by atoms with Crippen molar-refractivity contribution < 1.29 is 9.18 Å². The molecule has 0 aromatic heterocycles. The number of benzene rings is 1. The van der Waals surface area contributed by atoms with E-state index in [1.807, 2.05) is 6.07 Å². The minimum absolute atomic E-state index is 0.272. The molecular formula is C11H9BrFNO. The zero-order chi connectivity index (χ0) is 11.1. The van der Waals surface area contributed by atoms with Crippen LogP contribution in [-0.4, -0.2) is 6.08 Å². The monoisotopic (exact) mass is 269 g/mol. The van der Waals surface area contributed by atoms with Gasteiger partial charge in [-0.15, -0.1) is 0 Å². The predicted octanol–water partition coefficient (Wildman–Crippen LogP) is 3.22. The van der Waals surface area contributed by atoms with Crippen molar-refractivity contribution in [2.75, 3.05) is 0 Å². The fourth-order valence-corrected chi connectivity index (χ4v) is 2.02. The molecule has 0 heterocycles. The molecule has 1 aliphatic rings. The fourth-order valence-electron chi connectivity index (χ4n) is 1.58. The summed E-state index contributed by atoms with van der Waals surface area (Å²) in [6.45, 7) is 1.70.